The number of para-hydroxylation sites is 1. The highest BCUT2D eigenvalue weighted by atomic mass is 15.2. The molecular weight excluding hydrogens is 340 g/mol. The molecule has 1 atom stereocenters. The minimum absolute atomic E-state index is 0.127. The lowest BCUT2D eigenvalue weighted by Gasteiger charge is -2.30. The van der Waals surface area contributed by atoms with Crippen LogP contribution in [0.15, 0.2) is 96.0 Å². The van der Waals surface area contributed by atoms with Gasteiger partial charge in [-0.15, -0.1) is 0 Å². The molecule has 1 unspecified atom stereocenters. The molecule has 4 aromatic carbocycles. The van der Waals surface area contributed by atoms with Crippen molar-refractivity contribution in [3.63, 3.8) is 0 Å². The molecule has 0 saturated carbocycles. The second kappa shape index (κ2) is 6.65. The smallest absolute Gasteiger partial charge is 0.118 e. The lowest BCUT2D eigenvalue weighted by molar-refractivity contribution is 0.366. The van der Waals surface area contributed by atoms with Gasteiger partial charge in [0.25, 0.3) is 0 Å². The molecule has 0 bridgehead atoms. The van der Waals surface area contributed by atoms with E-state index in [9.17, 15) is 0 Å². The third kappa shape index (κ3) is 2.69. The lowest BCUT2D eigenvalue weighted by Crippen LogP contribution is -2.43. The van der Waals surface area contributed by atoms with Gasteiger partial charge in [-0.25, -0.2) is 0 Å². The van der Waals surface area contributed by atoms with E-state index in [4.69, 9.17) is 4.99 Å². The molecule has 0 aromatic heterocycles. The van der Waals surface area contributed by atoms with E-state index in [-0.39, 0.29) is 6.17 Å². The normalized spacial score (nSPS) is 16.0. The quantitative estimate of drug-likeness (QED) is 0.510. The van der Waals surface area contributed by atoms with Gasteiger partial charge in [0.15, 0.2) is 0 Å². The Bertz CT molecular complexity index is 1280. The fourth-order valence-electron chi connectivity index (χ4n) is 4.10. The van der Waals surface area contributed by atoms with Crippen LogP contribution < -0.4 is 10.6 Å². The van der Waals surface area contributed by atoms with Crippen LogP contribution in [0.25, 0.3) is 27.6 Å². The van der Waals surface area contributed by atoms with E-state index in [0.717, 1.165) is 5.36 Å². The zero-order chi connectivity index (χ0) is 19.1. The first-order valence-electron chi connectivity index (χ1n) is 9.71. The van der Waals surface area contributed by atoms with E-state index in [1.165, 1.54) is 38.4 Å². The summed E-state index contributed by atoms with van der Waals surface area (Å²) in [5.41, 5.74) is 4.98. The van der Waals surface area contributed by atoms with Gasteiger partial charge >= 0.3 is 0 Å². The Morgan fingerprint density at radius 3 is 2.25 bits per heavy atom. The maximum Gasteiger partial charge on any atom is 0.118 e. The Kier molecular flexibility index (Phi) is 3.98. The molecule has 0 amide bonds. The van der Waals surface area contributed by atoms with Gasteiger partial charge in [0, 0.05) is 12.3 Å². The van der Waals surface area contributed by atoms with Crippen LogP contribution in [0.3, 0.4) is 0 Å². The van der Waals surface area contributed by atoms with Crippen molar-refractivity contribution < 1.29 is 0 Å². The van der Waals surface area contributed by atoms with Crippen LogP contribution in [0.5, 0.6) is 0 Å². The Hall–Kier alpha value is -3.39. The molecule has 0 radical (unpaired) electrons. The molecule has 0 N–H and O–H groups in total. The summed E-state index contributed by atoms with van der Waals surface area (Å²) in [4.78, 5) is 7.07. The fourth-order valence-corrected chi connectivity index (χ4v) is 4.10. The molecule has 0 fully saturated rings. The molecule has 1 aliphatic heterocycles. The van der Waals surface area contributed by atoms with Gasteiger partial charge in [-0.05, 0) is 40.5 Å². The highest BCUT2D eigenvalue weighted by Gasteiger charge is 2.18. The van der Waals surface area contributed by atoms with Gasteiger partial charge in [-0.1, -0.05) is 84.9 Å². The maximum atomic E-state index is 4.81. The average Bonchev–Trinajstić information content (AvgIpc) is 2.74. The summed E-state index contributed by atoms with van der Waals surface area (Å²) in [6, 6.07) is 32.4. The first kappa shape index (κ1) is 16.8. The predicted octanol–water partition coefficient (Wildman–Crippen LogP) is 4.57. The zero-order valence-electron chi connectivity index (χ0n) is 16.1. The molecule has 0 saturated heterocycles. The van der Waals surface area contributed by atoms with Crippen molar-refractivity contribution in [2.45, 2.75) is 13.1 Å². The molecule has 1 aliphatic rings. The second-order valence-corrected chi connectivity index (χ2v) is 7.34. The summed E-state index contributed by atoms with van der Waals surface area (Å²) >= 11 is 0. The number of nitrogens with zero attached hydrogens (tertiary/aromatic N) is 2. The van der Waals surface area contributed by atoms with Crippen LogP contribution in [0, 0.1) is 0 Å². The molecule has 28 heavy (non-hydrogen) atoms. The second-order valence-electron chi connectivity index (χ2n) is 7.34. The van der Waals surface area contributed by atoms with Crippen molar-refractivity contribution in [1.82, 2.24) is 4.90 Å². The van der Waals surface area contributed by atoms with Crippen molar-refractivity contribution in [1.29, 1.82) is 0 Å². The van der Waals surface area contributed by atoms with Gasteiger partial charge in [0.2, 0.25) is 0 Å². The van der Waals surface area contributed by atoms with E-state index in [1.807, 2.05) is 0 Å². The summed E-state index contributed by atoms with van der Waals surface area (Å²) in [5, 5.41) is 4.83. The zero-order valence-corrected chi connectivity index (χ0v) is 16.1. The number of rotatable bonds is 2. The molecule has 5 rings (SSSR count). The van der Waals surface area contributed by atoms with Crippen LogP contribution in [0.2, 0.25) is 0 Å². The van der Waals surface area contributed by atoms with Crippen molar-refractivity contribution in [3.05, 3.63) is 107 Å². The standard InChI is InChI=1S/C26H22N2/c1-18-27-25-13-6-5-11-24(25)26(28(18)2)21-16-14-20(15-17-21)23-12-7-9-19-8-3-4-10-22(19)23/h3-18H,1-2H3. The number of hydrogen-bond acceptors (Lipinski definition) is 2. The van der Waals surface area contributed by atoms with Gasteiger partial charge in [-0.3, -0.25) is 4.99 Å². The van der Waals surface area contributed by atoms with E-state index < -0.39 is 0 Å². The molecule has 2 nitrogen and oxygen atoms in total. The van der Waals surface area contributed by atoms with E-state index in [0.29, 0.717) is 0 Å². The molecule has 0 aliphatic carbocycles. The van der Waals surface area contributed by atoms with Gasteiger partial charge in [-0.2, -0.15) is 0 Å². The molecule has 4 aromatic rings. The fraction of sp³-hybridized carbons (Fsp3) is 0.115. The minimum Gasteiger partial charge on any atom is -0.352 e. The lowest BCUT2D eigenvalue weighted by atomic mass is 9.96. The highest BCUT2D eigenvalue weighted by Crippen LogP contribution is 2.30. The SMILES string of the molecule is CC1N=c2ccccc2=C(c2ccc(-c3cccc4ccccc34)cc2)N1C. The molecule has 2 heteroatoms. The third-order valence-electron chi connectivity index (χ3n) is 5.66. The highest BCUT2D eigenvalue weighted by molar-refractivity contribution is 5.96. The number of benzene rings is 4. The molecule has 1 heterocycles. The average molecular weight is 362 g/mol. The Balaban J connectivity index is 1.66. The van der Waals surface area contributed by atoms with Gasteiger partial charge in [0.1, 0.15) is 6.17 Å². The first-order chi connectivity index (χ1) is 13.7. The summed E-state index contributed by atoms with van der Waals surface area (Å²) in [6.07, 6.45) is 0.127. The summed E-state index contributed by atoms with van der Waals surface area (Å²) in [7, 11) is 2.12. The van der Waals surface area contributed by atoms with E-state index in [2.05, 4.69) is 110 Å². The van der Waals surface area contributed by atoms with Crippen LogP contribution in [-0.4, -0.2) is 18.1 Å². The van der Waals surface area contributed by atoms with Crippen molar-refractivity contribution in [3.8, 4) is 11.1 Å². The minimum atomic E-state index is 0.127. The van der Waals surface area contributed by atoms with Crippen molar-refractivity contribution >= 4 is 16.5 Å². The largest absolute Gasteiger partial charge is 0.352 e. The van der Waals surface area contributed by atoms with E-state index in [1.54, 1.807) is 0 Å². The van der Waals surface area contributed by atoms with Crippen molar-refractivity contribution in [2.24, 2.45) is 4.99 Å². The summed E-state index contributed by atoms with van der Waals surface area (Å²) in [5.74, 6) is 0. The van der Waals surface area contributed by atoms with Crippen molar-refractivity contribution in [2.75, 3.05) is 7.05 Å². The molecular formula is C26H22N2. The molecule has 0 spiro atoms. The Morgan fingerprint density at radius 1 is 0.714 bits per heavy atom. The Labute approximate surface area is 165 Å². The monoisotopic (exact) mass is 362 g/mol. The van der Waals surface area contributed by atoms with Crippen LogP contribution in [0.4, 0.5) is 0 Å². The number of hydrogen-bond donors (Lipinski definition) is 0. The summed E-state index contributed by atoms with van der Waals surface area (Å²) < 4.78 is 0. The number of fused-ring (bicyclic) bond motifs is 2. The van der Waals surface area contributed by atoms with Crippen LogP contribution >= 0.6 is 0 Å². The first-order valence-corrected chi connectivity index (χ1v) is 9.71. The molecule has 136 valence electrons. The topological polar surface area (TPSA) is 15.6 Å². The van der Waals surface area contributed by atoms with Gasteiger partial charge in [0.05, 0.1) is 11.1 Å². The maximum absolute atomic E-state index is 4.81. The predicted molar refractivity (Wildman–Crippen MR) is 116 cm³/mol. The van der Waals surface area contributed by atoms with Gasteiger partial charge < -0.3 is 4.90 Å². The van der Waals surface area contributed by atoms with E-state index >= 15 is 0 Å². The van der Waals surface area contributed by atoms with Crippen LogP contribution in [0.1, 0.15) is 12.5 Å². The Morgan fingerprint density at radius 2 is 1.39 bits per heavy atom. The summed E-state index contributed by atoms with van der Waals surface area (Å²) in [6.45, 7) is 2.14. The third-order valence-corrected chi connectivity index (χ3v) is 5.66. The van der Waals surface area contributed by atoms with Crippen LogP contribution in [-0.2, 0) is 0 Å².